The lowest BCUT2D eigenvalue weighted by Crippen LogP contribution is -2.21. The van der Waals surface area contributed by atoms with Crippen LogP contribution in [0.4, 0.5) is 0 Å². The summed E-state index contributed by atoms with van der Waals surface area (Å²) in [6.07, 6.45) is 2.98. The second-order valence-electron chi connectivity index (χ2n) is 2.57. The standard InChI is InChI=1S/C5H8IN/c6-7-3-4-1-5(7)2-4/h4-5H,1-3H2. The van der Waals surface area contributed by atoms with Crippen molar-refractivity contribution in [1.29, 1.82) is 0 Å². The van der Waals surface area contributed by atoms with Gasteiger partial charge in [0.2, 0.25) is 0 Å². The molecule has 2 bridgehead atoms. The van der Waals surface area contributed by atoms with Crippen LogP contribution in [0.2, 0.25) is 0 Å². The molecule has 0 N–H and O–H groups in total. The number of hydrogen-bond acceptors (Lipinski definition) is 1. The highest BCUT2D eigenvalue weighted by Gasteiger charge is 2.41. The van der Waals surface area contributed by atoms with E-state index in [0.29, 0.717) is 0 Å². The van der Waals surface area contributed by atoms with Gasteiger partial charge in [-0.15, -0.1) is 0 Å². The van der Waals surface area contributed by atoms with Gasteiger partial charge in [0.15, 0.2) is 0 Å². The number of fused-ring (bicyclic) bond motifs is 1. The van der Waals surface area contributed by atoms with Gasteiger partial charge in [0.05, 0.1) is 0 Å². The normalized spacial score (nSPS) is 49.3. The quantitative estimate of drug-likeness (QED) is 0.431. The fourth-order valence-corrected chi connectivity index (χ4v) is 2.49. The van der Waals surface area contributed by atoms with Crippen molar-refractivity contribution in [3.63, 3.8) is 0 Å². The van der Waals surface area contributed by atoms with Crippen LogP contribution in [-0.2, 0) is 0 Å². The summed E-state index contributed by atoms with van der Waals surface area (Å²) in [6.45, 7) is 1.37. The van der Waals surface area contributed by atoms with E-state index in [1.54, 1.807) is 0 Å². The molecule has 2 saturated heterocycles. The van der Waals surface area contributed by atoms with Crippen molar-refractivity contribution < 1.29 is 0 Å². The van der Waals surface area contributed by atoms with Gasteiger partial charge in [0.25, 0.3) is 0 Å². The molecule has 1 nitrogen and oxygen atoms in total. The number of rotatable bonds is 0. The molecule has 3 aliphatic rings. The zero-order valence-electron chi connectivity index (χ0n) is 4.10. The Kier molecular flexibility index (Phi) is 0.876. The van der Waals surface area contributed by atoms with Gasteiger partial charge in [-0.3, -0.25) is 0 Å². The first kappa shape index (κ1) is 4.56. The van der Waals surface area contributed by atoms with Gasteiger partial charge in [-0.1, -0.05) is 0 Å². The van der Waals surface area contributed by atoms with Crippen molar-refractivity contribution >= 4 is 22.9 Å². The molecule has 2 heterocycles. The summed E-state index contributed by atoms with van der Waals surface area (Å²) in [4.78, 5) is 0. The van der Waals surface area contributed by atoms with Crippen molar-refractivity contribution in [1.82, 2.24) is 3.11 Å². The summed E-state index contributed by atoms with van der Waals surface area (Å²) in [5.41, 5.74) is 0. The predicted molar refractivity (Wildman–Crippen MR) is 37.2 cm³/mol. The minimum Gasteiger partial charge on any atom is -0.244 e. The third-order valence-corrected chi connectivity index (χ3v) is 3.22. The summed E-state index contributed by atoms with van der Waals surface area (Å²) >= 11 is 2.43. The van der Waals surface area contributed by atoms with E-state index in [1.165, 1.54) is 19.4 Å². The van der Waals surface area contributed by atoms with Crippen molar-refractivity contribution in [3.05, 3.63) is 0 Å². The Morgan fingerprint density at radius 1 is 1.43 bits per heavy atom. The Morgan fingerprint density at radius 2 is 2.14 bits per heavy atom. The summed E-state index contributed by atoms with van der Waals surface area (Å²) in [5, 5.41) is 0. The summed E-state index contributed by atoms with van der Waals surface area (Å²) in [7, 11) is 0. The summed E-state index contributed by atoms with van der Waals surface area (Å²) in [5.74, 6) is 1.09. The third-order valence-electron chi connectivity index (χ3n) is 2.04. The predicted octanol–water partition coefficient (Wildman–Crippen LogP) is 1.43. The minimum atomic E-state index is 0.977. The first-order valence-electron chi connectivity index (χ1n) is 2.78. The van der Waals surface area contributed by atoms with Crippen LogP contribution in [0, 0.1) is 5.92 Å². The van der Waals surface area contributed by atoms with Crippen LogP contribution in [0.15, 0.2) is 0 Å². The Hall–Kier alpha value is 0.690. The van der Waals surface area contributed by atoms with Crippen molar-refractivity contribution in [2.24, 2.45) is 5.92 Å². The first-order chi connectivity index (χ1) is 3.36. The molecule has 0 atom stereocenters. The molecule has 2 aliphatic heterocycles. The van der Waals surface area contributed by atoms with Crippen LogP contribution in [0.3, 0.4) is 0 Å². The second-order valence-corrected chi connectivity index (χ2v) is 3.81. The lowest BCUT2D eigenvalue weighted by molar-refractivity contribution is 0.348. The molecule has 0 spiro atoms. The molecule has 1 saturated carbocycles. The van der Waals surface area contributed by atoms with E-state index in [1.807, 2.05) is 0 Å². The SMILES string of the molecule is IN1CC2CC1C2. The molecule has 3 fully saturated rings. The molecule has 3 rings (SSSR count). The van der Waals surface area contributed by atoms with Crippen molar-refractivity contribution in [2.75, 3.05) is 6.54 Å². The Labute approximate surface area is 57.6 Å². The maximum absolute atomic E-state index is 2.45. The summed E-state index contributed by atoms with van der Waals surface area (Å²) in [6, 6.07) is 0.977. The van der Waals surface area contributed by atoms with Gasteiger partial charge in [0.1, 0.15) is 0 Å². The van der Waals surface area contributed by atoms with E-state index in [9.17, 15) is 0 Å². The zero-order chi connectivity index (χ0) is 4.85. The average molecular weight is 209 g/mol. The van der Waals surface area contributed by atoms with Crippen LogP contribution in [-0.4, -0.2) is 15.7 Å². The van der Waals surface area contributed by atoms with E-state index >= 15 is 0 Å². The largest absolute Gasteiger partial charge is 0.244 e. The average Bonchev–Trinajstić information content (AvgIpc) is 1.85. The van der Waals surface area contributed by atoms with Crippen LogP contribution >= 0.6 is 22.9 Å². The fraction of sp³-hybridized carbons (Fsp3) is 1.00. The highest BCUT2D eigenvalue weighted by atomic mass is 127. The number of halogens is 1. The Morgan fingerprint density at radius 3 is 2.29 bits per heavy atom. The molecule has 7 heavy (non-hydrogen) atoms. The lowest BCUT2D eigenvalue weighted by atomic mass is 9.87. The van der Waals surface area contributed by atoms with Gasteiger partial charge in [-0.05, 0) is 18.8 Å². The minimum absolute atomic E-state index is 0.977. The lowest BCUT2D eigenvalue weighted by Gasteiger charge is -2.21. The van der Waals surface area contributed by atoms with Gasteiger partial charge in [-0.2, -0.15) is 0 Å². The zero-order valence-corrected chi connectivity index (χ0v) is 6.26. The Bertz CT molecular complexity index is 88.1. The third kappa shape index (κ3) is 0.528. The molecule has 40 valence electrons. The monoisotopic (exact) mass is 209 g/mol. The number of nitrogens with zero attached hydrogens (tertiary/aromatic N) is 1. The Balaban J connectivity index is 2.13. The maximum Gasteiger partial charge on any atom is 0.0204 e. The van der Waals surface area contributed by atoms with E-state index in [2.05, 4.69) is 26.0 Å². The van der Waals surface area contributed by atoms with Crippen molar-refractivity contribution in [3.8, 4) is 0 Å². The maximum atomic E-state index is 2.45. The molecule has 0 aromatic carbocycles. The van der Waals surface area contributed by atoms with E-state index < -0.39 is 0 Å². The number of hydrogen-bond donors (Lipinski definition) is 0. The van der Waals surface area contributed by atoms with E-state index in [4.69, 9.17) is 0 Å². The van der Waals surface area contributed by atoms with Crippen LogP contribution in [0.5, 0.6) is 0 Å². The van der Waals surface area contributed by atoms with Gasteiger partial charge >= 0.3 is 0 Å². The molecule has 2 heteroatoms. The van der Waals surface area contributed by atoms with Gasteiger partial charge in [-0.25, -0.2) is 3.11 Å². The van der Waals surface area contributed by atoms with E-state index in [-0.39, 0.29) is 0 Å². The second kappa shape index (κ2) is 1.35. The first-order valence-corrected chi connectivity index (χ1v) is 3.75. The van der Waals surface area contributed by atoms with Gasteiger partial charge in [0, 0.05) is 35.5 Å². The smallest absolute Gasteiger partial charge is 0.0204 e. The van der Waals surface area contributed by atoms with Crippen LogP contribution < -0.4 is 0 Å². The molecular formula is C5H8IN. The van der Waals surface area contributed by atoms with Crippen LogP contribution in [0.25, 0.3) is 0 Å². The molecule has 0 aromatic rings. The molecule has 0 radical (unpaired) electrons. The van der Waals surface area contributed by atoms with Crippen LogP contribution in [0.1, 0.15) is 12.8 Å². The molecule has 1 aliphatic carbocycles. The highest BCUT2D eigenvalue weighted by Crippen LogP contribution is 2.42. The van der Waals surface area contributed by atoms with Crippen molar-refractivity contribution in [2.45, 2.75) is 18.9 Å². The molecule has 0 unspecified atom stereocenters. The molecule has 0 amide bonds. The molecule has 0 aromatic heterocycles. The van der Waals surface area contributed by atoms with Gasteiger partial charge < -0.3 is 0 Å². The topological polar surface area (TPSA) is 3.24 Å². The fourth-order valence-electron chi connectivity index (χ4n) is 1.47. The van der Waals surface area contributed by atoms with E-state index in [0.717, 1.165) is 12.0 Å². The summed E-state index contributed by atoms with van der Waals surface area (Å²) < 4.78 is 2.45. The highest BCUT2D eigenvalue weighted by molar-refractivity contribution is 14.1. The molecular weight excluding hydrogens is 201 g/mol.